The van der Waals surface area contributed by atoms with E-state index < -0.39 is 10.0 Å². The van der Waals surface area contributed by atoms with Gasteiger partial charge in [0.25, 0.3) is 5.91 Å². The Balaban J connectivity index is 2.11. The quantitative estimate of drug-likeness (QED) is 0.808. The predicted molar refractivity (Wildman–Crippen MR) is 111 cm³/mol. The topological polar surface area (TPSA) is 75.3 Å². The van der Waals surface area contributed by atoms with E-state index >= 15 is 0 Å². The first-order chi connectivity index (χ1) is 12.4. The Morgan fingerprint density at radius 3 is 2.11 bits per heavy atom. The highest BCUT2D eigenvalue weighted by Crippen LogP contribution is 2.24. The van der Waals surface area contributed by atoms with E-state index in [0.29, 0.717) is 16.8 Å². The molecule has 0 saturated carbocycles. The maximum atomic E-state index is 12.6. The molecule has 0 aliphatic carbocycles. The highest BCUT2D eigenvalue weighted by Gasteiger charge is 2.16. The first-order valence-corrected chi connectivity index (χ1v) is 10.8. The fraction of sp³-hybridized carbons (Fsp3) is 0.381. The van der Waals surface area contributed by atoms with Gasteiger partial charge in [-0.2, -0.15) is 0 Å². The van der Waals surface area contributed by atoms with Gasteiger partial charge >= 0.3 is 0 Å². The summed E-state index contributed by atoms with van der Waals surface area (Å²) < 4.78 is 25.2. The second kappa shape index (κ2) is 7.72. The van der Waals surface area contributed by atoms with E-state index in [4.69, 9.17) is 0 Å². The van der Waals surface area contributed by atoms with Crippen molar-refractivity contribution >= 4 is 21.6 Å². The van der Waals surface area contributed by atoms with Gasteiger partial charge in [0.05, 0.1) is 18.0 Å². The molecule has 0 radical (unpaired) electrons. The molecule has 2 N–H and O–H groups in total. The Morgan fingerprint density at radius 1 is 1.04 bits per heavy atom. The van der Waals surface area contributed by atoms with E-state index in [1.54, 1.807) is 25.1 Å². The van der Waals surface area contributed by atoms with Crippen molar-refractivity contribution in [1.82, 2.24) is 5.32 Å². The number of carbonyl (C=O) groups is 1. The van der Waals surface area contributed by atoms with E-state index in [1.165, 1.54) is 5.56 Å². The van der Waals surface area contributed by atoms with Crippen molar-refractivity contribution in [1.29, 1.82) is 0 Å². The van der Waals surface area contributed by atoms with Crippen LogP contribution in [0.15, 0.2) is 42.5 Å². The number of hydrogen-bond donors (Lipinski definition) is 2. The van der Waals surface area contributed by atoms with Crippen LogP contribution in [0, 0.1) is 6.92 Å². The number of anilines is 1. The van der Waals surface area contributed by atoms with Gasteiger partial charge in [0.1, 0.15) is 0 Å². The van der Waals surface area contributed by atoms with Crippen LogP contribution in [0.1, 0.15) is 60.8 Å². The summed E-state index contributed by atoms with van der Waals surface area (Å²) >= 11 is 0. The largest absolute Gasteiger partial charge is 0.346 e. The molecular weight excluding hydrogens is 360 g/mol. The molecule has 0 bridgehead atoms. The molecule has 1 atom stereocenters. The van der Waals surface area contributed by atoms with Crippen molar-refractivity contribution in [2.75, 3.05) is 11.0 Å². The molecule has 2 aromatic carbocycles. The Labute approximate surface area is 162 Å². The van der Waals surface area contributed by atoms with E-state index in [-0.39, 0.29) is 17.4 Å². The van der Waals surface area contributed by atoms with Crippen LogP contribution in [0.2, 0.25) is 0 Å². The number of carbonyl (C=O) groups excluding carboxylic acids is 1. The van der Waals surface area contributed by atoms with Crippen molar-refractivity contribution in [3.63, 3.8) is 0 Å². The van der Waals surface area contributed by atoms with E-state index in [0.717, 1.165) is 11.8 Å². The minimum absolute atomic E-state index is 0.0876. The van der Waals surface area contributed by atoms with Gasteiger partial charge in [-0.05, 0) is 54.2 Å². The van der Waals surface area contributed by atoms with Gasteiger partial charge in [-0.3, -0.25) is 9.52 Å². The predicted octanol–water partition coefficient (Wildman–Crippen LogP) is 4.16. The lowest BCUT2D eigenvalue weighted by molar-refractivity contribution is 0.0940. The Kier molecular flexibility index (Phi) is 6.00. The average molecular weight is 389 g/mol. The summed E-state index contributed by atoms with van der Waals surface area (Å²) in [6.07, 6.45) is 1.10. The third-order valence-corrected chi connectivity index (χ3v) is 5.00. The molecule has 6 heteroatoms. The molecule has 1 amide bonds. The number of aryl methyl sites for hydroxylation is 1. The van der Waals surface area contributed by atoms with Gasteiger partial charge in [0.15, 0.2) is 0 Å². The second-order valence-electron chi connectivity index (χ2n) is 7.97. The second-order valence-corrected chi connectivity index (χ2v) is 9.72. The van der Waals surface area contributed by atoms with Crippen LogP contribution in [0.4, 0.5) is 5.69 Å². The van der Waals surface area contributed by atoms with Crippen molar-refractivity contribution in [2.24, 2.45) is 0 Å². The lowest BCUT2D eigenvalue weighted by Gasteiger charge is -2.21. The highest BCUT2D eigenvalue weighted by atomic mass is 32.2. The van der Waals surface area contributed by atoms with E-state index in [9.17, 15) is 13.2 Å². The maximum Gasteiger partial charge on any atom is 0.251 e. The lowest BCUT2D eigenvalue weighted by Crippen LogP contribution is -2.27. The van der Waals surface area contributed by atoms with Crippen molar-refractivity contribution in [2.45, 2.75) is 46.1 Å². The fourth-order valence-corrected chi connectivity index (χ4v) is 3.38. The van der Waals surface area contributed by atoms with Crippen LogP contribution in [0.25, 0.3) is 0 Å². The molecule has 0 saturated heterocycles. The van der Waals surface area contributed by atoms with Crippen LogP contribution in [0.3, 0.4) is 0 Å². The third kappa shape index (κ3) is 5.82. The number of hydrogen-bond acceptors (Lipinski definition) is 3. The van der Waals surface area contributed by atoms with Gasteiger partial charge < -0.3 is 5.32 Å². The summed E-state index contributed by atoms with van der Waals surface area (Å²) in [6.45, 7) is 10.2. The summed E-state index contributed by atoms with van der Waals surface area (Å²) in [5, 5.41) is 2.99. The average Bonchev–Trinajstić information content (AvgIpc) is 2.54. The van der Waals surface area contributed by atoms with Gasteiger partial charge in [-0.25, -0.2) is 8.42 Å². The summed E-state index contributed by atoms with van der Waals surface area (Å²) in [7, 11) is -3.35. The highest BCUT2D eigenvalue weighted by molar-refractivity contribution is 7.92. The smallest absolute Gasteiger partial charge is 0.251 e. The van der Waals surface area contributed by atoms with Crippen molar-refractivity contribution in [3.05, 3.63) is 64.7 Å². The van der Waals surface area contributed by atoms with E-state index in [1.807, 2.05) is 19.1 Å². The first-order valence-electron chi connectivity index (χ1n) is 8.86. The fourth-order valence-electron chi connectivity index (χ4n) is 2.75. The number of rotatable bonds is 5. The molecule has 146 valence electrons. The summed E-state index contributed by atoms with van der Waals surface area (Å²) in [4.78, 5) is 12.6. The van der Waals surface area contributed by atoms with Gasteiger partial charge in [0.2, 0.25) is 10.0 Å². The Morgan fingerprint density at radius 2 is 1.63 bits per heavy atom. The number of nitrogens with one attached hydrogen (secondary N) is 2. The van der Waals surface area contributed by atoms with Gasteiger partial charge in [-0.1, -0.05) is 45.0 Å². The van der Waals surface area contributed by atoms with Gasteiger partial charge in [-0.15, -0.1) is 0 Å². The summed E-state index contributed by atoms with van der Waals surface area (Å²) in [5.41, 5.74) is 4.02. The minimum atomic E-state index is -3.35. The zero-order chi connectivity index (χ0) is 20.4. The summed E-state index contributed by atoms with van der Waals surface area (Å²) in [6, 6.07) is 13.0. The molecule has 0 aliphatic heterocycles. The molecule has 0 unspecified atom stereocenters. The Bertz CT molecular complexity index is 927. The van der Waals surface area contributed by atoms with Crippen LogP contribution in [0.5, 0.6) is 0 Å². The van der Waals surface area contributed by atoms with Crippen LogP contribution in [-0.4, -0.2) is 20.6 Å². The molecule has 0 fully saturated rings. The van der Waals surface area contributed by atoms with Crippen molar-refractivity contribution < 1.29 is 13.2 Å². The maximum absolute atomic E-state index is 12.6. The Hall–Kier alpha value is -2.34. The molecular formula is C21H28N2O3S. The normalized spacial score (nSPS) is 13.1. The zero-order valence-corrected chi connectivity index (χ0v) is 17.6. The third-order valence-electron chi connectivity index (χ3n) is 4.41. The molecule has 0 aliphatic rings. The number of sulfonamides is 1. The van der Waals surface area contributed by atoms with Crippen LogP contribution >= 0.6 is 0 Å². The molecule has 2 aromatic rings. The van der Waals surface area contributed by atoms with E-state index in [2.05, 4.69) is 42.9 Å². The number of amides is 1. The molecule has 0 heterocycles. The monoisotopic (exact) mass is 388 g/mol. The number of benzene rings is 2. The summed E-state index contributed by atoms with van der Waals surface area (Å²) in [5.74, 6) is -0.198. The van der Waals surface area contributed by atoms with Gasteiger partial charge in [0, 0.05) is 5.56 Å². The lowest BCUT2D eigenvalue weighted by atomic mass is 9.86. The molecule has 27 heavy (non-hydrogen) atoms. The SMILES string of the molecule is Cc1cc(C(=O)N[C@@H](C)c2ccc(C(C)(C)C)cc2)ccc1NS(C)(=O)=O. The zero-order valence-electron chi connectivity index (χ0n) is 16.8. The molecule has 2 rings (SSSR count). The minimum Gasteiger partial charge on any atom is -0.346 e. The standard InChI is InChI=1S/C21H28N2O3S/c1-14-13-17(9-12-19(14)23-27(6,25)26)20(24)22-15(2)16-7-10-18(11-8-16)21(3,4)5/h7-13,15,23H,1-6H3,(H,22,24)/t15-/m0/s1. The molecule has 0 aromatic heterocycles. The van der Waals surface area contributed by atoms with Crippen LogP contribution in [-0.2, 0) is 15.4 Å². The molecule has 5 nitrogen and oxygen atoms in total. The first kappa shape index (κ1) is 21.0. The molecule has 0 spiro atoms. The van der Waals surface area contributed by atoms with Crippen LogP contribution < -0.4 is 10.0 Å². The van der Waals surface area contributed by atoms with Crippen molar-refractivity contribution in [3.8, 4) is 0 Å².